The van der Waals surface area contributed by atoms with Gasteiger partial charge in [0.05, 0.1) is 11.8 Å². The summed E-state index contributed by atoms with van der Waals surface area (Å²) in [7, 11) is -3.23. The van der Waals surface area contributed by atoms with E-state index in [1.807, 2.05) is 6.07 Å². The van der Waals surface area contributed by atoms with Crippen molar-refractivity contribution < 1.29 is 13.2 Å². The van der Waals surface area contributed by atoms with Crippen LogP contribution in [0.5, 0.6) is 0 Å². The zero-order chi connectivity index (χ0) is 14.0. The number of hydrogen-bond acceptors (Lipinski definition) is 3. The quantitative estimate of drug-likeness (QED) is 0.802. The van der Waals surface area contributed by atoms with Crippen molar-refractivity contribution in [2.24, 2.45) is 0 Å². The molecule has 2 rings (SSSR count). The van der Waals surface area contributed by atoms with Crippen LogP contribution < -0.4 is 4.90 Å². The molecule has 1 aromatic rings. The van der Waals surface area contributed by atoms with E-state index in [2.05, 4.69) is 0 Å². The zero-order valence-electron chi connectivity index (χ0n) is 10.4. The normalized spacial score (nSPS) is 22.1. The van der Waals surface area contributed by atoms with Crippen LogP contribution in [0.1, 0.15) is 6.92 Å². The summed E-state index contributed by atoms with van der Waals surface area (Å²) in [5.74, 6) is -0.406. The first-order chi connectivity index (χ1) is 8.91. The molecule has 1 aromatic carbocycles. The predicted octanol–water partition coefficient (Wildman–Crippen LogP) is 1.96. The highest BCUT2D eigenvalue weighted by molar-refractivity contribution is 7.94. The number of amides is 1. The number of carbonyl (C=O) groups excluding carboxylic acids is 1. The Morgan fingerprint density at radius 1 is 1.37 bits per heavy atom. The average Bonchev–Trinajstić information content (AvgIpc) is 2.71. The summed E-state index contributed by atoms with van der Waals surface area (Å²) in [6.07, 6.45) is 1.53. The summed E-state index contributed by atoms with van der Waals surface area (Å²) in [6.45, 7) is 1.58. The van der Waals surface area contributed by atoms with Gasteiger partial charge in [-0.1, -0.05) is 18.2 Å². The molecule has 4 nitrogen and oxygen atoms in total. The summed E-state index contributed by atoms with van der Waals surface area (Å²) in [5.41, 5.74) is 0.645. The molecule has 2 atom stereocenters. The molecule has 1 amide bonds. The Morgan fingerprint density at radius 2 is 2.00 bits per heavy atom. The van der Waals surface area contributed by atoms with Crippen LogP contribution in [0.3, 0.4) is 0 Å². The molecule has 0 bridgehead atoms. The van der Waals surface area contributed by atoms with Crippen molar-refractivity contribution in [1.29, 1.82) is 0 Å². The Bertz CT molecular complexity index is 596. The second-order valence-electron chi connectivity index (χ2n) is 4.39. The lowest BCUT2D eigenvalue weighted by Gasteiger charge is -2.28. The maximum atomic E-state index is 12.2. The number of sulfone groups is 1. The number of halogens is 1. The third-order valence-corrected chi connectivity index (χ3v) is 4.42. The number of carbonyl (C=O) groups is 1. The molecule has 0 unspecified atom stereocenters. The van der Waals surface area contributed by atoms with Gasteiger partial charge in [0.1, 0.15) is 5.38 Å². The average molecular weight is 300 g/mol. The summed E-state index contributed by atoms with van der Waals surface area (Å²) < 4.78 is 23.0. The van der Waals surface area contributed by atoms with E-state index in [-0.39, 0.29) is 11.7 Å². The van der Waals surface area contributed by atoms with Crippen molar-refractivity contribution in [3.63, 3.8) is 0 Å². The van der Waals surface area contributed by atoms with Crippen molar-refractivity contribution >= 4 is 33.0 Å². The molecular weight excluding hydrogens is 286 g/mol. The van der Waals surface area contributed by atoms with E-state index in [0.717, 1.165) is 5.41 Å². The monoisotopic (exact) mass is 299 g/mol. The Balaban J connectivity index is 2.37. The molecule has 1 heterocycles. The van der Waals surface area contributed by atoms with E-state index in [9.17, 15) is 13.2 Å². The first-order valence-corrected chi connectivity index (χ1v) is 7.99. The fourth-order valence-corrected chi connectivity index (χ4v) is 3.36. The lowest BCUT2D eigenvalue weighted by atomic mass is 10.2. The van der Waals surface area contributed by atoms with Crippen molar-refractivity contribution in [2.45, 2.75) is 18.3 Å². The highest BCUT2D eigenvalue weighted by Gasteiger charge is 2.32. The van der Waals surface area contributed by atoms with Gasteiger partial charge < -0.3 is 4.90 Å². The van der Waals surface area contributed by atoms with E-state index >= 15 is 0 Å². The third kappa shape index (κ3) is 3.16. The van der Waals surface area contributed by atoms with Crippen molar-refractivity contribution in [2.75, 3.05) is 10.7 Å². The summed E-state index contributed by atoms with van der Waals surface area (Å²) in [5, 5.41) is 0.441. The summed E-state index contributed by atoms with van der Waals surface area (Å²) in [6, 6.07) is 8.44. The van der Waals surface area contributed by atoms with Crippen LogP contribution >= 0.6 is 11.6 Å². The summed E-state index contributed by atoms with van der Waals surface area (Å²) >= 11 is 5.86. The van der Waals surface area contributed by atoms with Crippen LogP contribution in [-0.4, -0.2) is 31.5 Å². The molecule has 0 aliphatic carbocycles. The molecule has 19 heavy (non-hydrogen) atoms. The van der Waals surface area contributed by atoms with Gasteiger partial charge in [0, 0.05) is 11.1 Å². The molecule has 0 radical (unpaired) electrons. The van der Waals surface area contributed by atoms with Gasteiger partial charge >= 0.3 is 0 Å². The van der Waals surface area contributed by atoms with Crippen molar-refractivity contribution in [1.82, 2.24) is 0 Å². The van der Waals surface area contributed by atoms with Crippen LogP contribution in [0.25, 0.3) is 0 Å². The van der Waals surface area contributed by atoms with Gasteiger partial charge in [0.2, 0.25) is 5.91 Å². The maximum Gasteiger partial charge on any atom is 0.245 e. The van der Waals surface area contributed by atoms with E-state index in [1.165, 1.54) is 11.0 Å². The number of anilines is 1. The van der Waals surface area contributed by atoms with Crippen LogP contribution in [0.15, 0.2) is 41.8 Å². The Labute approximate surface area is 117 Å². The fraction of sp³-hybridized carbons (Fsp3) is 0.308. The van der Waals surface area contributed by atoms with Gasteiger partial charge in [0.15, 0.2) is 9.84 Å². The van der Waals surface area contributed by atoms with Crippen LogP contribution in [0.2, 0.25) is 0 Å². The number of rotatable bonds is 3. The molecule has 6 heteroatoms. The van der Waals surface area contributed by atoms with Gasteiger partial charge in [-0.15, -0.1) is 11.6 Å². The van der Waals surface area contributed by atoms with Gasteiger partial charge in [-0.05, 0) is 25.1 Å². The van der Waals surface area contributed by atoms with Crippen LogP contribution in [0, 0.1) is 0 Å². The maximum absolute atomic E-state index is 12.2. The second-order valence-corrected chi connectivity index (χ2v) is 6.97. The van der Waals surface area contributed by atoms with E-state index in [1.54, 1.807) is 31.2 Å². The lowest BCUT2D eigenvalue weighted by Crippen LogP contribution is -2.44. The minimum atomic E-state index is -3.23. The van der Waals surface area contributed by atoms with Gasteiger partial charge in [-0.25, -0.2) is 8.42 Å². The Hall–Kier alpha value is -1.33. The van der Waals surface area contributed by atoms with Gasteiger partial charge in [0.25, 0.3) is 0 Å². The topological polar surface area (TPSA) is 54.5 Å². The molecule has 102 valence electrons. The first kappa shape index (κ1) is 14.1. The largest absolute Gasteiger partial charge is 0.303 e. The van der Waals surface area contributed by atoms with E-state index in [0.29, 0.717) is 5.69 Å². The van der Waals surface area contributed by atoms with Gasteiger partial charge in [-0.2, -0.15) is 0 Å². The highest BCUT2D eigenvalue weighted by Crippen LogP contribution is 2.24. The number of alkyl halides is 1. The Kier molecular flexibility index (Phi) is 3.96. The molecule has 0 N–H and O–H groups in total. The van der Waals surface area contributed by atoms with Crippen LogP contribution in [0.4, 0.5) is 5.69 Å². The van der Waals surface area contributed by atoms with Gasteiger partial charge in [-0.3, -0.25) is 4.79 Å². The van der Waals surface area contributed by atoms with Crippen molar-refractivity contribution in [3.8, 4) is 0 Å². The smallest absolute Gasteiger partial charge is 0.245 e. The molecular formula is C13H14ClNO3S. The third-order valence-electron chi connectivity index (χ3n) is 2.85. The standard InChI is InChI=1S/C13H14ClNO3S/c1-10(14)13(16)15(11-5-3-2-4-6-11)12-7-8-19(17,18)9-12/h2-8,10,12H,9H2,1H3/t10-,12+/m1/s1. The first-order valence-electron chi connectivity index (χ1n) is 5.84. The fourth-order valence-electron chi connectivity index (χ4n) is 1.98. The summed E-state index contributed by atoms with van der Waals surface area (Å²) in [4.78, 5) is 13.6. The second kappa shape index (κ2) is 5.35. The number of para-hydroxylation sites is 1. The zero-order valence-corrected chi connectivity index (χ0v) is 11.9. The van der Waals surface area contributed by atoms with Crippen LogP contribution in [-0.2, 0) is 14.6 Å². The van der Waals surface area contributed by atoms with E-state index < -0.39 is 21.3 Å². The lowest BCUT2D eigenvalue weighted by molar-refractivity contribution is -0.118. The molecule has 0 saturated heterocycles. The number of nitrogens with zero attached hydrogens (tertiary/aromatic N) is 1. The molecule has 0 spiro atoms. The molecule has 1 aliphatic rings. The minimum absolute atomic E-state index is 0.1000. The number of benzene rings is 1. The van der Waals surface area contributed by atoms with Crippen molar-refractivity contribution in [3.05, 3.63) is 41.8 Å². The predicted molar refractivity (Wildman–Crippen MR) is 76.0 cm³/mol. The minimum Gasteiger partial charge on any atom is -0.303 e. The molecule has 0 fully saturated rings. The van der Waals surface area contributed by atoms with E-state index in [4.69, 9.17) is 11.6 Å². The Morgan fingerprint density at radius 3 is 2.47 bits per heavy atom. The molecule has 0 saturated carbocycles. The number of hydrogen-bond donors (Lipinski definition) is 0. The molecule has 1 aliphatic heterocycles. The SMILES string of the molecule is C[C@@H](Cl)C(=O)N(c1ccccc1)[C@H]1C=CS(=O)(=O)C1. The highest BCUT2D eigenvalue weighted by atomic mass is 35.5. The molecule has 0 aromatic heterocycles.